The van der Waals surface area contributed by atoms with E-state index < -0.39 is 0 Å². The summed E-state index contributed by atoms with van der Waals surface area (Å²) in [6.45, 7) is 6.34. The molecular weight excluding hydrogens is 198 g/mol. The summed E-state index contributed by atoms with van der Waals surface area (Å²) in [4.78, 5) is 2.50. The first kappa shape index (κ1) is 11.6. The van der Waals surface area contributed by atoms with E-state index >= 15 is 0 Å². The minimum absolute atomic E-state index is 0.733. The Morgan fingerprint density at radius 3 is 2.69 bits per heavy atom. The third-order valence-electron chi connectivity index (χ3n) is 3.04. The fourth-order valence-electron chi connectivity index (χ4n) is 2.18. The van der Waals surface area contributed by atoms with Crippen LogP contribution in [0.2, 0.25) is 0 Å². The lowest BCUT2D eigenvalue weighted by Gasteiger charge is -2.27. The largest absolute Gasteiger partial charge is 0.330 e. The third-order valence-corrected chi connectivity index (χ3v) is 3.04. The highest BCUT2D eigenvalue weighted by Gasteiger charge is 2.09. The summed E-state index contributed by atoms with van der Waals surface area (Å²) in [5.41, 5.74) is 8.34. The van der Waals surface area contributed by atoms with Crippen LogP contribution in [0.1, 0.15) is 11.1 Å². The second-order valence-corrected chi connectivity index (χ2v) is 4.38. The van der Waals surface area contributed by atoms with Crippen LogP contribution in [-0.2, 0) is 13.0 Å². The van der Waals surface area contributed by atoms with Crippen LogP contribution in [0, 0.1) is 0 Å². The molecule has 0 unspecified atom stereocenters. The van der Waals surface area contributed by atoms with Crippen molar-refractivity contribution >= 4 is 0 Å². The lowest BCUT2D eigenvalue weighted by atomic mass is 10.1. The Hall–Kier alpha value is -0.900. The molecule has 1 aromatic carbocycles. The Balaban J connectivity index is 1.94. The van der Waals surface area contributed by atoms with Crippen LogP contribution >= 0.6 is 0 Å². The average molecular weight is 219 g/mol. The van der Waals surface area contributed by atoms with Crippen molar-refractivity contribution in [2.45, 2.75) is 13.0 Å². The molecule has 1 saturated heterocycles. The van der Waals surface area contributed by atoms with Crippen LogP contribution in [0.3, 0.4) is 0 Å². The molecule has 0 spiro atoms. The predicted molar refractivity (Wildman–Crippen MR) is 67.3 cm³/mol. The van der Waals surface area contributed by atoms with Gasteiger partial charge < -0.3 is 11.1 Å². The van der Waals surface area contributed by atoms with E-state index in [1.807, 2.05) is 0 Å². The third kappa shape index (κ3) is 3.30. The van der Waals surface area contributed by atoms with E-state index in [4.69, 9.17) is 5.73 Å². The van der Waals surface area contributed by atoms with E-state index in [0.29, 0.717) is 0 Å². The highest BCUT2D eigenvalue weighted by Crippen LogP contribution is 2.09. The molecule has 3 N–H and O–H groups in total. The maximum absolute atomic E-state index is 5.58. The molecule has 1 aliphatic heterocycles. The van der Waals surface area contributed by atoms with Crippen molar-refractivity contribution in [1.29, 1.82) is 0 Å². The molecule has 0 amide bonds. The molecule has 0 atom stereocenters. The summed E-state index contributed by atoms with van der Waals surface area (Å²) in [6, 6.07) is 8.80. The van der Waals surface area contributed by atoms with E-state index in [0.717, 1.165) is 45.7 Å². The topological polar surface area (TPSA) is 41.3 Å². The fourth-order valence-corrected chi connectivity index (χ4v) is 2.18. The van der Waals surface area contributed by atoms with Gasteiger partial charge in [-0.2, -0.15) is 0 Å². The molecule has 1 fully saturated rings. The standard InChI is InChI=1S/C13H21N3/c14-5-4-12-2-1-3-13(10-12)11-16-8-6-15-7-9-16/h1-3,10,15H,4-9,11,14H2. The summed E-state index contributed by atoms with van der Waals surface area (Å²) in [7, 11) is 0. The Labute approximate surface area is 97.6 Å². The van der Waals surface area contributed by atoms with Gasteiger partial charge in [0.25, 0.3) is 0 Å². The smallest absolute Gasteiger partial charge is 0.0234 e. The number of nitrogens with zero attached hydrogens (tertiary/aromatic N) is 1. The van der Waals surface area contributed by atoms with Crippen molar-refractivity contribution < 1.29 is 0 Å². The van der Waals surface area contributed by atoms with Crippen molar-refractivity contribution in [3.05, 3.63) is 35.4 Å². The minimum atomic E-state index is 0.733. The quantitative estimate of drug-likeness (QED) is 0.779. The summed E-state index contributed by atoms with van der Waals surface area (Å²) in [5.74, 6) is 0. The molecule has 3 heteroatoms. The number of rotatable bonds is 4. The number of nitrogens with one attached hydrogen (secondary N) is 1. The zero-order chi connectivity index (χ0) is 11.2. The Morgan fingerprint density at radius 1 is 1.19 bits per heavy atom. The van der Waals surface area contributed by atoms with Gasteiger partial charge in [0.1, 0.15) is 0 Å². The van der Waals surface area contributed by atoms with Gasteiger partial charge in [-0.05, 0) is 24.1 Å². The highest BCUT2D eigenvalue weighted by atomic mass is 15.2. The molecule has 16 heavy (non-hydrogen) atoms. The van der Waals surface area contributed by atoms with Crippen LogP contribution in [-0.4, -0.2) is 37.6 Å². The maximum Gasteiger partial charge on any atom is 0.0234 e. The van der Waals surface area contributed by atoms with E-state index in [1.54, 1.807) is 0 Å². The molecule has 0 radical (unpaired) electrons. The van der Waals surface area contributed by atoms with E-state index in [-0.39, 0.29) is 0 Å². The van der Waals surface area contributed by atoms with Gasteiger partial charge in [0.05, 0.1) is 0 Å². The Bertz CT molecular complexity index is 319. The number of hydrogen-bond acceptors (Lipinski definition) is 3. The predicted octanol–water partition coefficient (Wildman–Crippen LogP) is 0.593. The molecule has 1 heterocycles. The normalized spacial score (nSPS) is 17.6. The van der Waals surface area contributed by atoms with Crippen molar-refractivity contribution in [1.82, 2.24) is 10.2 Å². The first-order chi connectivity index (χ1) is 7.88. The Kier molecular flexibility index (Phi) is 4.34. The van der Waals surface area contributed by atoms with Crippen LogP contribution < -0.4 is 11.1 Å². The lowest BCUT2D eigenvalue weighted by molar-refractivity contribution is 0.233. The van der Waals surface area contributed by atoms with Gasteiger partial charge in [-0.25, -0.2) is 0 Å². The van der Waals surface area contributed by atoms with Crippen LogP contribution in [0.5, 0.6) is 0 Å². The van der Waals surface area contributed by atoms with Gasteiger partial charge in [0.15, 0.2) is 0 Å². The van der Waals surface area contributed by atoms with Crippen LogP contribution in [0.4, 0.5) is 0 Å². The van der Waals surface area contributed by atoms with Crippen molar-refractivity contribution in [2.75, 3.05) is 32.7 Å². The monoisotopic (exact) mass is 219 g/mol. The molecular formula is C13H21N3. The van der Waals surface area contributed by atoms with E-state index in [9.17, 15) is 0 Å². The van der Waals surface area contributed by atoms with Crippen molar-refractivity contribution in [2.24, 2.45) is 5.73 Å². The number of nitrogens with two attached hydrogens (primary N) is 1. The fraction of sp³-hybridized carbons (Fsp3) is 0.538. The van der Waals surface area contributed by atoms with Crippen molar-refractivity contribution in [3.63, 3.8) is 0 Å². The molecule has 0 aliphatic carbocycles. The summed E-state index contributed by atoms with van der Waals surface area (Å²) in [5, 5.41) is 3.37. The molecule has 2 rings (SSSR count). The number of benzene rings is 1. The summed E-state index contributed by atoms with van der Waals surface area (Å²) < 4.78 is 0. The Morgan fingerprint density at radius 2 is 1.94 bits per heavy atom. The first-order valence-electron chi connectivity index (χ1n) is 6.09. The first-order valence-corrected chi connectivity index (χ1v) is 6.09. The number of piperazine rings is 1. The lowest BCUT2D eigenvalue weighted by Crippen LogP contribution is -2.42. The second kappa shape index (κ2) is 5.99. The van der Waals surface area contributed by atoms with Gasteiger partial charge >= 0.3 is 0 Å². The molecule has 1 aromatic rings. The molecule has 0 saturated carbocycles. The number of hydrogen-bond donors (Lipinski definition) is 2. The second-order valence-electron chi connectivity index (χ2n) is 4.38. The van der Waals surface area contributed by atoms with Gasteiger partial charge in [-0.3, -0.25) is 4.90 Å². The summed E-state index contributed by atoms with van der Waals surface area (Å²) in [6.07, 6.45) is 0.982. The van der Waals surface area contributed by atoms with Gasteiger partial charge in [0.2, 0.25) is 0 Å². The minimum Gasteiger partial charge on any atom is -0.330 e. The molecule has 3 nitrogen and oxygen atoms in total. The van der Waals surface area contributed by atoms with Gasteiger partial charge in [-0.1, -0.05) is 24.3 Å². The van der Waals surface area contributed by atoms with Gasteiger partial charge in [-0.15, -0.1) is 0 Å². The van der Waals surface area contributed by atoms with E-state index in [2.05, 4.69) is 34.5 Å². The van der Waals surface area contributed by atoms with E-state index in [1.165, 1.54) is 11.1 Å². The molecule has 0 aromatic heterocycles. The van der Waals surface area contributed by atoms with Crippen LogP contribution in [0.15, 0.2) is 24.3 Å². The zero-order valence-corrected chi connectivity index (χ0v) is 9.78. The molecule has 88 valence electrons. The van der Waals surface area contributed by atoms with Crippen LogP contribution in [0.25, 0.3) is 0 Å². The maximum atomic E-state index is 5.58. The molecule has 1 aliphatic rings. The highest BCUT2D eigenvalue weighted by molar-refractivity contribution is 5.23. The SMILES string of the molecule is NCCc1cccc(CN2CCNCC2)c1. The van der Waals surface area contributed by atoms with Crippen molar-refractivity contribution in [3.8, 4) is 0 Å². The average Bonchev–Trinajstić information content (AvgIpc) is 2.31. The van der Waals surface area contributed by atoms with Gasteiger partial charge in [0, 0.05) is 32.7 Å². The zero-order valence-electron chi connectivity index (χ0n) is 9.78. The molecule has 0 bridgehead atoms. The summed E-state index contributed by atoms with van der Waals surface area (Å²) >= 11 is 0.